The minimum Gasteiger partial charge on any atom is -0.355 e. The van der Waals surface area contributed by atoms with Gasteiger partial charge in [0.15, 0.2) is 0 Å². The first-order valence-corrected chi connectivity index (χ1v) is 5.38. The maximum Gasteiger partial charge on any atom is 0.251 e. The van der Waals surface area contributed by atoms with Crippen molar-refractivity contribution in [3.05, 3.63) is 29.8 Å². The Labute approximate surface area is 101 Å². The predicted molar refractivity (Wildman–Crippen MR) is 67.0 cm³/mol. The van der Waals surface area contributed by atoms with Crippen molar-refractivity contribution in [1.82, 2.24) is 10.6 Å². The second kappa shape index (κ2) is 6.00. The van der Waals surface area contributed by atoms with Gasteiger partial charge >= 0.3 is 0 Å². The molecule has 92 valence electrons. The number of hydrogen-bond donors (Lipinski definition) is 3. The summed E-state index contributed by atoms with van der Waals surface area (Å²) in [6, 6.07) is 6.52. The molecule has 5 nitrogen and oxygen atoms in total. The Morgan fingerprint density at radius 1 is 1.24 bits per heavy atom. The lowest BCUT2D eigenvalue weighted by molar-refractivity contribution is -0.117. The van der Waals surface area contributed by atoms with Gasteiger partial charge in [0.05, 0.1) is 6.04 Å². The van der Waals surface area contributed by atoms with Crippen molar-refractivity contribution in [3.63, 3.8) is 0 Å². The van der Waals surface area contributed by atoms with Crippen LogP contribution in [0, 0.1) is 0 Å². The summed E-state index contributed by atoms with van der Waals surface area (Å²) in [5.74, 6) is -0.315. The normalized spacial score (nSPS) is 11.7. The Kier molecular flexibility index (Phi) is 4.66. The first-order valence-electron chi connectivity index (χ1n) is 5.38. The Balaban J connectivity index is 2.79. The van der Waals surface area contributed by atoms with Gasteiger partial charge in [0, 0.05) is 18.3 Å². The first kappa shape index (κ1) is 13.2. The molecule has 17 heavy (non-hydrogen) atoms. The minimum absolute atomic E-state index is 0.137. The van der Waals surface area contributed by atoms with Gasteiger partial charge in [-0.05, 0) is 32.2 Å². The Hall–Kier alpha value is -1.88. The second-order valence-electron chi connectivity index (χ2n) is 3.66. The number of carbonyl (C=O) groups is 2. The molecule has 0 bridgehead atoms. The van der Waals surface area contributed by atoms with Crippen LogP contribution in [0.2, 0.25) is 0 Å². The third-order valence-electron chi connectivity index (χ3n) is 2.45. The molecule has 0 saturated carbocycles. The van der Waals surface area contributed by atoms with Crippen molar-refractivity contribution in [2.45, 2.75) is 13.0 Å². The molecule has 1 aromatic carbocycles. The highest BCUT2D eigenvalue weighted by atomic mass is 16.2. The summed E-state index contributed by atoms with van der Waals surface area (Å²) in [5.41, 5.74) is 1.13. The number of amides is 2. The summed E-state index contributed by atoms with van der Waals surface area (Å²) >= 11 is 0. The fourth-order valence-corrected chi connectivity index (χ4v) is 1.26. The fraction of sp³-hybridized carbons (Fsp3) is 0.333. The first-order chi connectivity index (χ1) is 8.08. The molecule has 0 spiro atoms. The molecule has 2 amide bonds. The quantitative estimate of drug-likeness (QED) is 0.715. The SMILES string of the molecule is CNC(=O)c1cccc(NC(=O)C(C)NC)c1. The van der Waals surface area contributed by atoms with E-state index in [1.807, 2.05) is 0 Å². The summed E-state index contributed by atoms with van der Waals surface area (Å²) < 4.78 is 0. The van der Waals surface area contributed by atoms with Crippen LogP contribution in [0.5, 0.6) is 0 Å². The van der Waals surface area contributed by atoms with Gasteiger partial charge in [-0.25, -0.2) is 0 Å². The van der Waals surface area contributed by atoms with Crippen molar-refractivity contribution in [1.29, 1.82) is 0 Å². The topological polar surface area (TPSA) is 70.2 Å². The van der Waals surface area contributed by atoms with Crippen LogP contribution in [-0.2, 0) is 4.79 Å². The number of likely N-dealkylation sites (N-methyl/N-ethyl adjacent to an activating group) is 1. The van der Waals surface area contributed by atoms with E-state index >= 15 is 0 Å². The number of hydrogen-bond acceptors (Lipinski definition) is 3. The van der Waals surface area contributed by atoms with Gasteiger partial charge in [-0.3, -0.25) is 9.59 Å². The van der Waals surface area contributed by atoms with Gasteiger partial charge in [0.1, 0.15) is 0 Å². The molecule has 5 heteroatoms. The molecule has 1 atom stereocenters. The molecule has 1 rings (SSSR count). The van der Waals surface area contributed by atoms with Crippen LogP contribution in [0.3, 0.4) is 0 Å². The smallest absolute Gasteiger partial charge is 0.251 e. The fourth-order valence-electron chi connectivity index (χ4n) is 1.26. The van der Waals surface area contributed by atoms with E-state index in [1.165, 1.54) is 0 Å². The van der Waals surface area contributed by atoms with Gasteiger partial charge in [0.2, 0.25) is 5.91 Å². The average Bonchev–Trinajstić information content (AvgIpc) is 2.37. The van der Waals surface area contributed by atoms with Crippen molar-refractivity contribution in [3.8, 4) is 0 Å². The van der Waals surface area contributed by atoms with Gasteiger partial charge < -0.3 is 16.0 Å². The van der Waals surface area contributed by atoms with Crippen LogP contribution in [0.4, 0.5) is 5.69 Å². The van der Waals surface area contributed by atoms with E-state index in [2.05, 4.69) is 16.0 Å². The van der Waals surface area contributed by atoms with Crippen molar-refractivity contribution in [2.24, 2.45) is 0 Å². The Bertz CT molecular complexity index is 418. The average molecular weight is 235 g/mol. The number of carbonyl (C=O) groups excluding carboxylic acids is 2. The summed E-state index contributed by atoms with van der Waals surface area (Å²) in [7, 11) is 3.28. The lowest BCUT2D eigenvalue weighted by atomic mass is 10.2. The third kappa shape index (κ3) is 3.57. The van der Waals surface area contributed by atoms with Crippen LogP contribution >= 0.6 is 0 Å². The number of benzene rings is 1. The highest BCUT2D eigenvalue weighted by Crippen LogP contribution is 2.10. The van der Waals surface area contributed by atoms with Gasteiger partial charge in [0.25, 0.3) is 5.91 Å². The summed E-state index contributed by atoms with van der Waals surface area (Å²) in [5, 5.41) is 8.10. The van der Waals surface area contributed by atoms with E-state index in [9.17, 15) is 9.59 Å². The Morgan fingerprint density at radius 2 is 1.94 bits per heavy atom. The standard InChI is InChI=1S/C12H17N3O2/c1-8(13-2)11(16)15-10-6-4-5-9(7-10)12(17)14-3/h4-8,13H,1-3H3,(H,14,17)(H,15,16). The molecule has 0 radical (unpaired) electrons. The number of anilines is 1. The summed E-state index contributed by atoms with van der Waals surface area (Å²) in [4.78, 5) is 23.0. The molecule has 0 heterocycles. The lowest BCUT2D eigenvalue weighted by Crippen LogP contribution is -2.35. The van der Waals surface area contributed by atoms with Crippen molar-refractivity contribution < 1.29 is 9.59 Å². The molecule has 0 aliphatic heterocycles. The van der Waals surface area contributed by atoms with Gasteiger partial charge in [-0.15, -0.1) is 0 Å². The van der Waals surface area contributed by atoms with Crippen LogP contribution < -0.4 is 16.0 Å². The zero-order valence-corrected chi connectivity index (χ0v) is 10.2. The number of nitrogens with one attached hydrogen (secondary N) is 3. The monoisotopic (exact) mass is 235 g/mol. The second-order valence-corrected chi connectivity index (χ2v) is 3.66. The Morgan fingerprint density at radius 3 is 2.53 bits per heavy atom. The van der Waals surface area contributed by atoms with E-state index in [1.54, 1.807) is 45.3 Å². The van der Waals surface area contributed by atoms with Crippen LogP contribution in [0.25, 0.3) is 0 Å². The van der Waals surface area contributed by atoms with E-state index in [4.69, 9.17) is 0 Å². The molecule has 0 aliphatic carbocycles. The third-order valence-corrected chi connectivity index (χ3v) is 2.45. The molecule has 1 aromatic rings. The summed E-state index contributed by atoms with van der Waals surface area (Å²) in [6.07, 6.45) is 0. The van der Waals surface area contributed by atoms with Gasteiger partial charge in [-0.2, -0.15) is 0 Å². The van der Waals surface area contributed by atoms with E-state index in [-0.39, 0.29) is 17.9 Å². The highest BCUT2D eigenvalue weighted by molar-refractivity contribution is 5.98. The van der Waals surface area contributed by atoms with Crippen LogP contribution in [0.15, 0.2) is 24.3 Å². The molecule has 0 aliphatic rings. The molecular formula is C12H17N3O2. The lowest BCUT2D eigenvalue weighted by Gasteiger charge is -2.11. The maximum absolute atomic E-state index is 11.6. The highest BCUT2D eigenvalue weighted by Gasteiger charge is 2.11. The predicted octanol–water partition coefficient (Wildman–Crippen LogP) is 0.593. The zero-order chi connectivity index (χ0) is 12.8. The molecule has 0 aromatic heterocycles. The van der Waals surface area contributed by atoms with Crippen molar-refractivity contribution in [2.75, 3.05) is 19.4 Å². The van der Waals surface area contributed by atoms with E-state index in [0.717, 1.165) is 0 Å². The van der Waals surface area contributed by atoms with Gasteiger partial charge in [-0.1, -0.05) is 6.07 Å². The minimum atomic E-state index is -0.279. The van der Waals surface area contributed by atoms with Crippen molar-refractivity contribution >= 4 is 17.5 Å². The molecule has 3 N–H and O–H groups in total. The molecule has 0 saturated heterocycles. The van der Waals surface area contributed by atoms with E-state index in [0.29, 0.717) is 11.3 Å². The molecule has 0 fully saturated rings. The largest absolute Gasteiger partial charge is 0.355 e. The number of rotatable bonds is 4. The maximum atomic E-state index is 11.6. The van der Waals surface area contributed by atoms with Crippen LogP contribution in [-0.4, -0.2) is 32.0 Å². The molecule has 1 unspecified atom stereocenters. The van der Waals surface area contributed by atoms with E-state index < -0.39 is 0 Å². The zero-order valence-electron chi connectivity index (χ0n) is 10.2. The van der Waals surface area contributed by atoms with Crippen LogP contribution in [0.1, 0.15) is 17.3 Å². The molecular weight excluding hydrogens is 218 g/mol. The summed E-state index contributed by atoms with van der Waals surface area (Å²) in [6.45, 7) is 1.76.